The molecule has 0 bridgehead atoms. The molecule has 1 aliphatic rings. The van der Waals surface area contributed by atoms with Crippen LogP contribution in [0.4, 0.5) is 0 Å². The van der Waals surface area contributed by atoms with Crippen molar-refractivity contribution in [1.29, 1.82) is 0 Å². The van der Waals surface area contributed by atoms with E-state index in [1.807, 2.05) is 12.5 Å². The standard InChI is InChI=1S/C10H15N3OS/c1-2-11-10(9-6-12-15-13-9)8-4-3-5-14-7-8/h6-7,10-11H,2-5H2,1H3. The Balaban J connectivity index is 2.15. The molecular weight excluding hydrogens is 210 g/mol. The molecule has 0 fully saturated rings. The van der Waals surface area contributed by atoms with Crippen LogP contribution in [0, 0.1) is 0 Å². The molecule has 4 nitrogen and oxygen atoms in total. The molecule has 82 valence electrons. The summed E-state index contributed by atoms with van der Waals surface area (Å²) in [5.74, 6) is 0. The van der Waals surface area contributed by atoms with E-state index in [0.29, 0.717) is 0 Å². The molecule has 0 aliphatic carbocycles. The molecule has 0 spiro atoms. The molecule has 1 aliphatic heterocycles. The normalized spacial score (nSPS) is 18.1. The number of ether oxygens (including phenoxy) is 1. The maximum absolute atomic E-state index is 5.36. The maximum atomic E-state index is 5.36. The summed E-state index contributed by atoms with van der Waals surface area (Å²) in [5.41, 5.74) is 2.27. The predicted molar refractivity (Wildman–Crippen MR) is 59.6 cm³/mol. The second-order valence-corrected chi connectivity index (χ2v) is 4.05. The SMILES string of the molecule is CCNC(C1=COCCC1)c1cnsn1. The number of aromatic nitrogens is 2. The van der Waals surface area contributed by atoms with Crippen molar-refractivity contribution in [2.45, 2.75) is 25.8 Å². The number of rotatable bonds is 4. The number of hydrogen-bond donors (Lipinski definition) is 1. The first-order chi connectivity index (χ1) is 7.42. The summed E-state index contributed by atoms with van der Waals surface area (Å²) in [6, 6.07) is 0.175. The van der Waals surface area contributed by atoms with E-state index in [2.05, 4.69) is 21.0 Å². The Morgan fingerprint density at radius 2 is 2.60 bits per heavy atom. The molecule has 0 saturated carbocycles. The molecule has 0 aromatic carbocycles. The van der Waals surface area contributed by atoms with E-state index >= 15 is 0 Å². The van der Waals surface area contributed by atoms with Crippen LogP contribution in [-0.4, -0.2) is 21.9 Å². The van der Waals surface area contributed by atoms with E-state index < -0.39 is 0 Å². The van der Waals surface area contributed by atoms with Crippen molar-refractivity contribution in [2.24, 2.45) is 0 Å². The van der Waals surface area contributed by atoms with Gasteiger partial charge in [-0.05, 0) is 25.0 Å². The first kappa shape index (κ1) is 10.6. The van der Waals surface area contributed by atoms with Crippen LogP contribution in [0.5, 0.6) is 0 Å². The third kappa shape index (κ3) is 2.54. The van der Waals surface area contributed by atoms with Crippen molar-refractivity contribution in [2.75, 3.05) is 13.2 Å². The summed E-state index contributed by atoms with van der Waals surface area (Å²) < 4.78 is 13.7. The number of likely N-dealkylation sites (N-methyl/N-ethyl adjacent to an activating group) is 1. The van der Waals surface area contributed by atoms with Gasteiger partial charge in [0.1, 0.15) is 0 Å². The van der Waals surface area contributed by atoms with Gasteiger partial charge in [-0.2, -0.15) is 8.75 Å². The van der Waals surface area contributed by atoms with Crippen molar-refractivity contribution < 1.29 is 4.74 Å². The molecule has 1 unspecified atom stereocenters. The van der Waals surface area contributed by atoms with Gasteiger partial charge in [0.25, 0.3) is 0 Å². The molecule has 1 N–H and O–H groups in total. The molecule has 0 saturated heterocycles. The minimum atomic E-state index is 0.175. The Kier molecular flexibility index (Phi) is 3.69. The van der Waals surface area contributed by atoms with Gasteiger partial charge in [-0.15, -0.1) is 0 Å². The van der Waals surface area contributed by atoms with Crippen molar-refractivity contribution in [3.63, 3.8) is 0 Å². The molecule has 5 heteroatoms. The van der Waals surface area contributed by atoms with Crippen LogP contribution in [0.1, 0.15) is 31.5 Å². The Morgan fingerprint density at radius 3 is 3.20 bits per heavy atom. The first-order valence-electron chi connectivity index (χ1n) is 5.23. The van der Waals surface area contributed by atoms with Crippen LogP contribution in [0.25, 0.3) is 0 Å². The molecule has 15 heavy (non-hydrogen) atoms. The first-order valence-corrected chi connectivity index (χ1v) is 5.96. The average Bonchev–Trinajstić information content (AvgIpc) is 2.80. The molecule has 2 rings (SSSR count). The van der Waals surface area contributed by atoms with Gasteiger partial charge in [0.15, 0.2) is 0 Å². The molecule has 1 atom stereocenters. The maximum Gasteiger partial charge on any atom is 0.0955 e. The highest BCUT2D eigenvalue weighted by molar-refractivity contribution is 6.99. The lowest BCUT2D eigenvalue weighted by Gasteiger charge is -2.22. The Hall–Kier alpha value is -0.940. The van der Waals surface area contributed by atoms with Gasteiger partial charge in [-0.3, -0.25) is 0 Å². The van der Waals surface area contributed by atoms with Gasteiger partial charge in [0.05, 0.1) is 42.5 Å². The molecule has 0 amide bonds. The molecule has 0 radical (unpaired) electrons. The van der Waals surface area contributed by atoms with E-state index in [0.717, 1.165) is 31.7 Å². The van der Waals surface area contributed by atoms with Gasteiger partial charge >= 0.3 is 0 Å². The minimum absolute atomic E-state index is 0.175. The van der Waals surface area contributed by atoms with Gasteiger partial charge in [0, 0.05) is 0 Å². The van der Waals surface area contributed by atoms with Crippen molar-refractivity contribution in [3.05, 3.63) is 23.7 Å². The van der Waals surface area contributed by atoms with Gasteiger partial charge in [0.2, 0.25) is 0 Å². The van der Waals surface area contributed by atoms with Gasteiger partial charge in [-0.1, -0.05) is 6.92 Å². The van der Waals surface area contributed by atoms with E-state index in [1.165, 1.54) is 17.3 Å². The van der Waals surface area contributed by atoms with Crippen LogP contribution in [-0.2, 0) is 4.74 Å². The van der Waals surface area contributed by atoms with E-state index in [9.17, 15) is 0 Å². The highest BCUT2D eigenvalue weighted by atomic mass is 32.1. The van der Waals surface area contributed by atoms with Crippen LogP contribution in [0.15, 0.2) is 18.0 Å². The highest BCUT2D eigenvalue weighted by Crippen LogP contribution is 2.26. The van der Waals surface area contributed by atoms with Crippen molar-refractivity contribution in [3.8, 4) is 0 Å². The third-order valence-corrected chi connectivity index (χ3v) is 2.91. The quantitative estimate of drug-likeness (QED) is 0.850. The molecule has 2 heterocycles. The van der Waals surface area contributed by atoms with Crippen LogP contribution < -0.4 is 5.32 Å². The third-order valence-electron chi connectivity index (χ3n) is 2.42. The zero-order chi connectivity index (χ0) is 10.5. The zero-order valence-corrected chi connectivity index (χ0v) is 9.59. The summed E-state index contributed by atoms with van der Waals surface area (Å²) in [4.78, 5) is 0. The molecular formula is C10H15N3OS. The zero-order valence-electron chi connectivity index (χ0n) is 8.77. The largest absolute Gasteiger partial charge is 0.501 e. The summed E-state index contributed by atoms with van der Waals surface area (Å²) in [6.45, 7) is 3.84. The fourth-order valence-corrected chi connectivity index (χ4v) is 2.17. The summed E-state index contributed by atoms with van der Waals surface area (Å²) in [6.07, 6.45) is 5.87. The van der Waals surface area contributed by atoms with E-state index in [1.54, 1.807) is 0 Å². The Morgan fingerprint density at radius 1 is 1.67 bits per heavy atom. The average molecular weight is 225 g/mol. The lowest BCUT2D eigenvalue weighted by molar-refractivity contribution is 0.219. The second-order valence-electron chi connectivity index (χ2n) is 3.49. The molecule has 1 aromatic rings. The van der Waals surface area contributed by atoms with Gasteiger partial charge in [-0.25, -0.2) is 0 Å². The van der Waals surface area contributed by atoms with E-state index in [-0.39, 0.29) is 6.04 Å². The lowest BCUT2D eigenvalue weighted by Crippen LogP contribution is -2.24. The number of nitrogens with one attached hydrogen (secondary N) is 1. The monoisotopic (exact) mass is 225 g/mol. The highest BCUT2D eigenvalue weighted by Gasteiger charge is 2.20. The minimum Gasteiger partial charge on any atom is -0.501 e. The second kappa shape index (κ2) is 5.23. The van der Waals surface area contributed by atoms with Gasteiger partial charge < -0.3 is 10.1 Å². The fraction of sp³-hybridized carbons (Fsp3) is 0.600. The summed E-state index contributed by atoms with van der Waals surface area (Å²) >= 11 is 1.25. The predicted octanol–water partition coefficient (Wildman–Crippen LogP) is 1.88. The van der Waals surface area contributed by atoms with Crippen molar-refractivity contribution in [1.82, 2.24) is 14.1 Å². The number of nitrogens with zero attached hydrogens (tertiary/aromatic N) is 2. The Bertz CT molecular complexity index is 323. The summed E-state index contributed by atoms with van der Waals surface area (Å²) in [5, 5.41) is 3.41. The van der Waals surface area contributed by atoms with Crippen LogP contribution in [0.3, 0.4) is 0 Å². The summed E-state index contributed by atoms with van der Waals surface area (Å²) in [7, 11) is 0. The van der Waals surface area contributed by atoms with Crippen LogP contribution >= 0.6 is 11.7 Å². The van der Waals surface area contributed by atoms with E-state index in [4.69, 9.17) is 4.74 Å². The molecule has 1 aromatic heterocycles. The van der Waals surface area contributed by atoms with Crippen molar-refractivity contribution >= 4 is 11.7 Å². The topological polar surface area (TPSA) is 47.0 Å². The smallest absolute Gasteiger partial charge is 0.0955 e. The number of hydrogen-bond acceptors (Lipinski definition) is 5. The Labute approximate surface area is 93.7 Å². The fourth-order valence-electron chi connectivity index (χ4n) is 1.73. The lowest BCUT2D eigenvalue weighted by atomic mass is 10.00. The van der Waals surface area contributed by atoms with Crippen LogP contribution in [0.2, 0.25) is 0 Å².